The zero-order chi connectivity index (χ0) is 31.2. The highest BCUT2D eigenvalue weighted by Gasteiger charge is 2.54. The molecule has 0 aliphatic carbocycles. The van der Waals surface area contributed by atoms with Crippen LogP contribution in [-0.2, 0) is 42.9 Å². The van der Waals surface area contributed by atoms with Crippen LogP contribution in [0.3, 0.4) is 0 Å². The molecule has 0 saturated carbocycles. The van der Waals surface area contributed by atoms with Crippen molar-refractivity contribution in [1.82, 2.24) is 0 Å². The molecule has 0 amide bonds. The minimum atomic E-state index is -1.53. The summed E-state index contributed by atoms with van der Waals surface area (Å²) < 4.78 is 34.6. The molecule has 12 heteroatoms. The summed E-state index contributed by atoms with van der Waals surface area (Å²) in [5.41, 5.74) is 0.476. The fourth-order valence-electron chi connectivity index (χ4n) is 4.24. The van der Waals surface area contributed by atoms with E-state index in [0.29, 0.717) is 31.2 Å². The molecule has 1 aliphatic rings. The normalized spacial score (nSPS) is 21.6. The molecule has 1 saturated heterocycles. The van der Waals surface area contributed by atoms with Gasteiger partial charge in [0.25, 0.3) is 0 Å². The van der Waals surface area contributed by atoms with Crippen LogP contribution in [0.15, 0.2) is 18.2 Å². The molecule has 5 atom stereocenters. The predicted octanol–water partition coefficient (Wildman–Crippen LogP) is 4.28. The summed E-state index contributed by atoms with van der Waals surface area (Å²) in [6.07, 6.45) is -4.85. The SMILES string of the molecule is CCCC(=O)OC[C@H]1O[C@@H](Oc2ccc(C)cc2C(=O)O)[C@H](OC(=O)CCC)[C@@H](OC(=O)CCC)[C@@H]1OC(=O)CCC. The number of aromatic carboxylic acids is 1. The molecule has 2 rings (SSSR count). The van der Waals surface area contributed by atoms with E-state index >= 15 is 0 Å². The highest BCUT2D eigenvalue weighted by atomic mass is 16.7. The summed E-state index contributed by atoms with van der Waals surface area (Å²) in [5.74, 6) is -3.84. The second-order valence-electron chi connectivity index (χ2n) is 10.0. The summed E-state index contributed by atoms with van der Waals surface area (Å²) >= 11 is 0. The number of ether oxygens (including phenoxy) is 6. The lowest BCUT2D eigenvalue weighted by Crippen LogP contribution is -2.64. The van der Waals surface area contributed by atoms with Gasteiger partial charge in [-0.3, -0.25) is 19.2 Å². The highest BCUT2D eigenvalue weighted by Crippen LogP contribution is 2.33. The quantitative estimate of drug-likeness (QED) is 0.214. The van der Waals surface area contributed by atoms with Crippen molar-refractivity contribution in [3.8, 4) is 5.75 Å². The molecule has 1 aliphatic heterocycles. The topological polar surface area (TPSA) is 161 Å². The van der Waals surface area contributed by atoms with Crippen molar-refractivity contribution in [3.63, 3.8) is 0 Å². The molecule has 42 heavy (non-hydrogen) atoms. The van der Waals surface area contributed by atoms with E-state index in [2.05, 4.69) is 0 Å². The van der Waals surface area contributed by atoms with Crippen LogP contribution in [0.5, 0.6) is 5.75 Å². The molecule has 1 N–H and O–H groups in total. The molecule has 12 nitrogen and oxygen atoms in total. The third-order valence-corrected chi connectivity index (χ3v) is 6.23. The number of rotatable bonds is 16. The lowest BCUT2D eigenvalue weighted by molar-refractivity contribution is -0.289. The van der Waals surface area contributed by atoms with Gasteiger partial charge in [0.15, 0.2) is 12.2 Å². The molecule has 0 spiro atoms. The standard InChI is InChI=1S/C30H42O12/c1-6-10-22(31)37-17-21-26(40-23(32)11-7-2)27(41-24(33)12-8-3)28(42-25(34)13-9-4)30(39-21)38-20-15-14-18(5)16-19(20)29(35)36/h14-16,21,26-28,30H,6-13,17H2,1-5H3,(H,35,36)/t21-,26-,27+,28-,30-/m1/s1. The first kappa shape index (κ1) is 34.5. The number of carboxylic acids is 1. The molecule has 234 valence electrons. The largest absolute Gasteiger partial charge is 0.478 e. The summed E-state index contributed by atoms with van der Waals surface area (Å²) in [7, 11) is 0. The van der Waals surface area contributed by atoms with E-state index in [9.17, 15) is 29.1 Å². The maximum Gasteiger partial charge on any atom is 0.339 e. The number of hydrogen-bond acceptors (Lipinski definition) is 11. The van der Waals surface area contributed by atoms with Crippen molar-refractivity contribution in [2.24, 2.45) is 0 Å². The molecule has 1 fully saturated rings. The molecule has 1 aromatic carbocycles. The van der Waals surface area contributed by atoms with Gasteiger partial charge in [-0.2, -0.15) is 0 Å². The maximum absolute atomic E-state index is 12.8. The van der Waals surface area contributed by atoms with Crippen LogP contribution >= 0.6 is 0 Å². The van der Waals surface area contributed by atoms with Crippen molar-refractivity contribution in [1.29, 1.82) is 0 Å². The van der Waals surface area contributed by atoms with Gasteiger partial charge in [-0.05, 0) is 44.7 Å². The van der Waals surface area contributed by atoms with E-state index in [4.69, 9.17) is 28.4 Å². The lowest BCUT2D eigenvalue weighted by atomic mass is 9.97. The van der Waals surface area contributed by atoms with Gasteiger partial charge in [0.05, 0.1) is 0 Å². The van der Waals surface area contributed by atoms with E-state index in [1.165, 1.54) is 12.1 Å². The van der Waals surface area contributed by atoms with Crippen molar-refractivity contribution >= 4 is 29.8 Å². The number of carbonyl (C=O) groups excluding carboxylic acids is 4. The van der Waals surface area contributed by atoms with Crippen LogP contribution in [0, 0.1) is 6.92 Å². The first-order chi connectivity index (χ1) is 20.0. The fraction of sp³-hybridized carbons (Fsp3) is 0.633. The molecule has 0 radical (unpaired) electrons. The molecular weight excluding hydrogens is 552 g/mol. The number of carbonyl (C=O) groups is 5. The Kier molecular flexibility index (Phi) is 14.2. The molecule has 0 aromatic heterocycles. The van der Waals surface area contributed by atoms with Crippen LogP contribution in [0.4, 0.5) is 0 Å². The Labute approximate surface area is 245 Å². The zero-order valence-electron chi connectivity index (χ0n) is 24.9. The number of carboxylic acid groups (broad SMARTS) is 1. The third-order valence-electron chi connectivity index (χ3n) is 6.23. The van der Waals surface area contributed by atoms with Crippen molar-refractivity contribution in [2.75, 3.05) is 6.61 Å². The average Bonchev–Trinajstić information content (AvgIpc) is 2.92. The Balaban J connectivity index is 2.62. The Bertz CT molecular complexity index is 1080. The van der Waals surface area contributed by atoms with Crippen molar-refractivity contribution in [2.45, 2.75) is 117 Å². The first-order valence-corrected chi connectivity index (χ1v) is 14.4. The van der Waals surface area contributed by atoms with Crippen molar-refractivity contribution < 1.29 is 57.5 Å². The molecule has 1 aromatic rings. The van der Waals surface area contributed by atoms with Crippen LogP contribution in [0.1, 0.15) is 95.0 Å². The number of esters is 4. The Morgan fingerprint density at radius 2 is 1.24 bits per heavy atom. The Hall–Kier alpha value is -3.67. The Morgan fingerprint density at radius 1 is 0.738 bits per heavy atom. The molecule has 0 bridgehead atoms. The zero-order valence-corrected chi connectivity index (χ0v) is 24.9. The second kappa shape index (κ2) is 17.3. The second-order valence-corrected chi connectivity index (χ2v) is 10.0. The van der Waals surface area contributed by atoms with E-state index in [1.54, 1.807) is 40.7 Å². The smallest absolute Gasteiger partial charge is 0.339 e. The van der Waals surface area contributed by atoms with E-state index in [0.717, 1.165) is 0 Å². The molecular formula is C30H42O12. The van der Waals surface area contributed by atoms with Crippen molar-refractivity contribution in [3.05, 3.63) is 29.3 Å². The van der Waals surface area contributed by atoms with Gasteiger partial charge in [-0.1, -0.05) is 39.3 Å². The lowest BCUT2D eigenvalue weighted by Gasteiger charge is -2.44. The van der Waals surface area contributed by atoms with Gasteiger partial charge in [-0.15, -0.1) is 0 Å². The number of benzene rings is 1. The Morgan fingerprint density at radius 3 is 1.76 bits per heavy atom. The van der Waals surface area contributed by atoms with E-state index < -0.39 is 67.2 Å². The van der Waals surface area contributed by atoms with Crippen LogP contribution in [0.25, 0.3) is 0 Å². The summed E-state index contributed by atoms with van der Waals surface area (Å²) in [6, 6.07) is 4.45. The van der Waals surface area contributed by atoms with Gasteiger partial charge < -0.3 is 33.5 Å². The van der Waals surface area contributed by atoms with Gasteiger partial charge in [0.1, 0.15) is 24.0 Å². The predicted molar refractivity (Wildman–Crippen MR) is 148 cm³/mol. The van der Waals surface area contributed by atoms with Gasteiger partial charge in [0, 0.05) is 25.7 Å². The first-order valence-electron chi connectivity index (χ1n) is 14.4. The van der Waals surface area contributed by atoms with Gasteiger partial charge in [0.2, 0.25) is 12.4 Å². The van der Waals surface area contributed by atoms with Gasteiger partial charge in [-0.25, -0.2) is 4.79 Å². The number of hydrogen-bond donors (Lipinski definition) is 1. The summed E-state index contributed by atoms with van der Waals surface area (Å²) in [4.78, 5) is 62.4. The van der Waals surface area contributed by atoms with Crippen LogP contribution in [-0.4, -0.2) is 72.3 Å². The van der Waals surface area contributed by atoms with E-state index in [-0.39, 0.29) is 37.0 Å². The fourth-order valence-corrected chi connectivity index (χ4v) is 4.24. The average molecular weight is 595 g/mol. The van der Waals surface area contributed by atoms with Crippen LogP contribution < -0.4 is 4.74 Å². The molecule has 1 heterocycles. The van der Waals surface area contributed by atoms with Crippen LogP contribution in [0.2, 0.25) is 0 Å². The summed E-state index contributed by atoms with van der Waals surface area (Å²) in [5, 5.41) is 9.78. The number of aryl methyl sites for hydroxylation is 1. The minimum Gasteiger partial charge on any atom is -0.478 e. The summed E-state index contributed by atoms with van der Waals surface area (Å²) in [6.45, 7) is 8.43. The molecule has 0 unspecified atom stereocenters. The maximum atomic E-state index is 12.8. The highest BCUT2D eigenvalue weighted by molar-refractivity contribution is 5.91. The monoisotopic (exact) mass is 594 g/mol. The third kappa shape index (κ3) is 10.3. The van der Waals surface area contributed by atoms with E-state index in [1.807, 2.05) is 0 Å². The minimum absolute atomic E-state index is 0.0160. The van der Waals surface area contributed by atoms with Gasteiger partial charge >= 0.3 is 29.8 Å².